The second-order valence-corrected chi connectivity index (χ2v) is 7.11. The van der Waals surface area contributed by atoms with E-state index in [9.17, 15) is 4.79 Å². The van der Waals surface area contributed by atoms with Gasteiger partial charge in [-0.05, 0) is 70.4 Å². The van der Waals surface area contributed by atoms with Crippen LogP contribution in [0.1, 0.15) is 58.8 Å². The fourth-order valence-electron chi connectivity index (χ4n) is 3.46. The van der Waals surface area contributed by atoms with Gasteiger partial charge in [-0.2, -0.15) is 0 Å². The van der Waals surface area contributed by atoms with E-state index in [1.165, 1.54) is 5.57 Å². The van der Waals surface area contributed by atoms with Gasteiger partial charge in [0.25, 0.3) is 0 Å². The predicted molar refractivity (Wildman–Crippen MR) is 106 cm³/mol. The number of piperidine rings is 1. The average Bonchev–Trinajstić information content (AvgIpc) is 2.64. The van der Waals surface area contributed by atoms with Crippen LogP contribution in [0.2, 0.25) is 0 Å². The molecular formula is C20H38N4O. The van der Waals surface area contributed by atoms with E-state index in [0.717, 1.165) is 58.0 Å². The highest BCUT2D eigenvalue weighted by molar-refractivity contribution is 5.74. The number of unbranched alkanes of at least 4 members (excludes halogenated alkanes) is 1. The Hall–Kier alpha value is -1.33. The predicted octanol–water partition coefficient (Wildman–Crippen LogP) is 3.17. The van der Waals surface area contributed by atoms with Crippen molar-refractivity contribution < 1.29 is 4.79 Å². The second kappa shape index (κ2) is 12.1. The summed E-state index contributed by atoms with van der Waals surface area (Å²) in [5, 5.41) is 3.00. The van der Waals surface area contributed by atoms with E-state index < -0.39 is 0 Å². The zero-order valence-electron chi connectivity index (χ0n) is 16.2. The van der Waals surface area contributed by atoms with Gasteiger partial charge in [-0.1, -0.05) is 30.7 Å². The van der Waals surface area contributed by atoms with Gasteiger partial charge in [0.15, 0.2) is 0 Å². The molecule has 1 saturated heterocycles. The largest absolute Gasteiger partial charge is 0.338 e. The molecule has 0 unspecified atom stereocenters. The van der Waals surface area contributed by atoms with Crippen LogP contribution < -0.4 is 16.8 Å². The molecule has 0 aromatic carbocycles. The maximum Gasteiger partial charge on any atom is 0.317 e. The molecule has 144 valence electrons. The molecule has 2 amide bonds. The Labute approximate surface area is 153 Å². The van der Waals surface area contributed by atoms with E-state index in [4.69, 9.17) is 11.5 Å². The first-order chi connectivity index (χ1) is 12.1. The standard InChI is InChI=1S/C20H38N4O/c1-3-7-18(8-4-2)9-10-20(17-22)11-15-24(16-12-20)19(25)23-14-6-5-13-21/h3,7-8H,4-6,9-17,21-22H2,1-2H3,(H,23,25)/b7-3-,18-8+. The van der Waals surface area contributed by atoms with E-state index in [1.807, 2.05) is 4.90 Å². The molecular weight excluding hydrogens is 312 g/mol. The van der Waals surface area contributed by atoms with E-state index in [1.54, 1.807) is 0 Å². The highest BCUT2D eigenvalue weighted by atomic mass is 16.2. The maximum absolute atomic E-state index is 12.2. The Balaban J connectivity index is 2.47. The van der Waals surface area contributed by atoms with Crippen LogP contribution in [-0.2, 0) is 0 Å². The summed E-state index contributed by atoms with van der Waals surface area (Å²) in [5.41, 5.74) is 13.2. The van der Waals surface area contributed by atoms with Crippen LogP contribution >= 0.6 is 0 Å². The van der Waals surface area contributed by atoms with Gasteiger partial charge < -0.3 is 21.7 Å². The smallest absolute Gasteiger partial charge is 0.317 e. The first-order valence-electron chi connectivity index (χ1n) is 9.85. The van der Waals surface area contributed by atoms with Gasteiger partial charge in [0.1, 0.15) is 0 Å². The molecule has 5 heteroatoms. The molecule has 0 spiro atoms. The van der Waals surface area contributed by atoms with Crippen LogP contribution in [0.15, 0.2) is 23.8 Å². The Morgan fingerprint density at radius 3 is 2.52 bits per heavy atom. The van der Waals surface area contributed by atoms with Crippen molar-refractivity contribution in [3.8, 4) is 0 Å². The van der Waals surface area contributed by atoms with Gasteiger partial charge in [-0.25, -0.2) is 4.79 Å². The maximum atomic E-state index is 12.2. The molecule has 1 rings (SSSR count). The highest BCUT2D eigenvalue weighted by Crippen LogP contribution is 2.36. The van der Waals surface area contributed by atoms with Crippen molar-refractivity contribution in [3.05, 3.63) is 23.8 Å². The number of nitrogens with one attached hydrogen (secondary N) is 1. The molecule has 5 nitrogen and oxygen atoms in total. The number of carbonyl (C=O) groups is 1. The minimum atomic E-state index is 0.0585. The molecule has 0 aromatic heterocycles. The number of hydrogen-bond acceptors (Lipinski definition) is 3. The third kappa shape index (κ3) is 7.61. The van der Waals surface area contributed by atoms with Crippen LogP contribution in [0.25, 0.3) is 0 Å². The molecule has 1 fully saturated rings. The number of likely N-dealkylation sites (tertiary alicyclic amines) is 1. The molecule has 0 aromatic rings. The first-order valence-corrected chi connectivity index (χ1v) is 9.85. The van der Waals surface area contributed by atoms with Gasteiger partial charge in [-0.15, -0.1) is 0 Å². The number of amides is 2. The first kappa shape index (κ1) is 21.7. The molecule has 0 radical (unpaired) electrons. The van der Waals surface area contributed by atoms with Crippen molar-refractivity contribution in [3.63, 3.8) is 0 Å². The number of allylic oxidation sites excluding steroid dienone is 4. The summed E-state index contributed by atoms with van der Waals surface area (Å²) in [4.78, 5) is 14.2. The third-order valence-electron chi connectivity index (χ3n) is 5.24. The lowest BCUT2D eigenvalue weighted by Crippen LogP contribution is -2.49. The van der Waals surface area contributed by atoms with Crippen LogP contribution in [0.3, 0.4) is 0 Å². The van der Waals surface area contributed by atoms with Crippen LogP contribution in [-0.4, -0.2) is 43.7 Å². The number of nitrogens with zero attached hydrogens (tertiary/aromatic N) is 1. The number of carbonyl (C=O) groups excluding carboxylic acids is 1. The fraction of sp³-hybridized carbons (Fsp3) is 0.750. The summed E-state index contributed by atoms with van der Waals surface area (Å²) in [6.07, 6.45) is 13.7. The second-order valence-electron chi connectivity index (χ2n) is 7.11. The van der Waals surface area contributed by atoms with Crippen molar-refractivity contribution in [2.75, 3.05) is 32.7 Å². The van der Waals surface area contributed by atoms with Crippen LogP contribution in [0.4, 0.5) is 4.79 Å². The molecule has 1 aliphatic rings. The lowest BCUT2D eigenvalue weighted by Gasteiger charge is -2.41. The summed E-state index contributed by atoms with van der Waals surface area (Å²) in [5.74, 6) is 0. The minimum absolute atomic E-state index is 0.0585. The monoisotopic (exact) mass is 350 g/mol. The van der Waals surface area contributed by atoms with Crippen LogP contribution in [0, 0.1) is 5.41 Å². The van der Waals surface area contributed by atoms with Crippen molar-refractivity contribution in [1.29, 1.82) is 0 Å². The number of nitrogens with two attached hydrogens (primary N) is 2. The number of rotatable bonds is 10. The van der Waals surface area contributed by atoms with Crippen molar-refractivity contribution in [2.24, 2.45) is 16.9 Å². The molecule has 0 saturated carbocycles. The van der Waals surface area contributed by atoms with Gasteiger partial charge in [-0.3, -0.25) is 0 Å². The molecule has 5 N–H and O–H groups in total. The number of hydrogen-bond donors (Lipinski definition) is 3. The van der Waals surface area contributed by atoms with Crippen molar-refractivity contribution >= 4 is 6.03 Å². The fourth-order valence-corrected chi connectivity index (χ4v) is 3.46. The normalized spacial score (nSPS) is 17.9. The van der Waals surface area contributed by atoms with Crippen molar-refractivity contribution in [2.45, 2.75) is 58.8 Å². The minimum Gasteiger partial charge on any atom is -0.338 e. The van der Waals surface area contributed by atoms with E-state index in [2.05, 4.69) is 37.4 Å². The van der Waals surface area contributed by atoms with Gasteiger partial charge in [0.2, 0.25) is 0 Å². The molecule has 0 bridgehead atoms. The van der Waals surface area contributed by atoms with Gasteiger partial charge in [0.05, 0.1) is 0 Å². The third-order valence-corrected chi connectivity index (χ3v) is 5.24. The topological polar surface area (TPSA) is 84.4 Å². The highest BCUT2D eigenvalue weighted by Gasteiger charge is 2.34. The van der Waals surface area contributed by atoms with Crippen LogP contribution in [0.5, 0.6) is 0 Å². The average molecular weight is 351 g/mol. The van der Waals surface area contributed by atoms with Gasteiger partial charge >= 0.3 is 6.03 Å². The van der Waals surface area contributed by atoms with E-state index in [0.29, 0.717) is 19.6 Å². The molecule has 1 heterocycles. The molecule has 25 heavy (non-hydrogen) atoms. The SMILES string of the molecule is C/C=C\C(=C/CC)CCC1(CN)CCN(C(=O)NCCCCN)CC1. The Morgan fingerprint density at radius 1 is 1.24 bits per heavy atom. The summed E-state index contributed by atoms with van der Waals surface area (Å²) in [7, 11) is 0. The summed E-state index contributed by atoms with van der Waals surface area (Å²) < 4.78 is 0. The van der Waals surface area contributed by atoms with E-state index in [-0.39, 0.29) is 11.4 Å². The Kier molecular flexibility index (Phi) is 10.5. The summed E-state index contributed by atoms with van der Waals surface area (Å²) in [6, 6.07) is 0.0585. The molecule has 0 atom stereocenters. The number of urea groups is 1. The zero-order chi connectivity index (χ0) is 18.5. The summed E-state index contributed by atoms with van der Waals surface area (Å²) >= 11 is 0. The Bertz CT molecular complexity index is 437. The Morgan fingerprint density at radius 2 is 1.96 bits per heavy atom. The molecule has 1 aliphatic heterocycles. The quantitative estimate of drug-likeness (QED) is 0.418. The lowest BCUT2D eigenvalue weighted by atomic mass is 9.74. The zero-order valence-corrected chi connectivity index (χ0v) is 16.2. The van der Waals surface area contributed by atoms with Gasteiger partial charge in [0, 0.05) is 19.6 Å². The summed E-state index contributed by atoms with van der Waals surface area (Å²) in [6.45, 7) is 7.93. The van der Waals surface area contributed by atoms with E-state index >= 15 is 0 Å². The van der Waals surface area contributed by atoms with Crippen molar-refractivity contribution in [1.82, 2.24) is 10.2 Å². The lowest BCUT2D eigenvalue weighted by molar-refractivity contribution is 0.114. The molecule has 0 aliphatic carbocycles.